The molecule has 1 heterocycles. The van der Waals surface area contributed by atoms with Gasteiger partial charge in [0, 0.05) is 12.6 Å². The lowest BCUT2D eigenvalue weighted by atomic mass is 10.1. The van der Waals surface area contributed by atoms with Crippen LogP contribution in [-0.2, 0) is 13.7 Å². The molecular formula is C14H17ClN2O2. The molecule has 0 aliphatic heterocycles. The molecule has 0 amide bonds. The average Bonchev–Trinajstić information content (AvgIpc) is 2.62. The summed E-state index contributed by atoms with van der Waals surface area (Å²) in [5, 5.41) is 14.3. The number of ether oxygens (including phenoxy) is 1. The van der Waals surface area contributed by atoms with E-state index in [0.29, 0.717) is 11.8 Å². The Morgan fingerprint density at radius 3 is 2.47 bits per heavy atom. The first-order valence-corrected chi connectivity index (χ1v) is 6.45. The normalized spacial score (nSPS) is 12.5. The number of nitrogens with zero attached hydrogens (tertiary/aromatic N) is 2. The van der Waals surface area contributed by atoms with Gasteiger partial charge in [-0.2, -0.15) is 5.10 Å². The molecule has 0 bridgehead atoms. The van der Waals surface area contributed by atoms with E-state index in [1.165, 1.54) is 0 Å². The molecule has 102 valence electrons. The molecule has 0 aliphatic rings. The largest absolute Gasteiger partial charge is 0.489 e. The monoisotopic (exact) mass is 280 g/mol. The number of aryl methyl sites for hydroxylation is 2. The van der Waals surface area contributed by atoms with Gasteiger partial charge in [-0.05, 0) is 31.5 Å². The number of halogens is 1. The number of hydrogen-bond donors (Lipinski definition) is 1. The second-order valence-corrected chi connectivity index (χ2v) is 4.87. The lowest BCUT2D eigenvalue weighted by Gasteiger charge is -2.08. The van der Waals surface area contributed by atoms with Gasteiger partial charge in [-0.15, -0.1) is 0 Å². The molecule has 0 saturated carbocycles. The lowest BCUT2D eigenvalue weighted by molar-refractivity contribution is 0.199. The Labute approximate surface area is 117 Å². The van der Waals surface area contributed by atoms with E-state index in [1.54, 1.807) is 18.7 Å². The van der Waals surface area contributed by atoms with E-state index in [2.05, 4.69) is 5.10 Å². The molecule has 0 saturated heterocycles. The van der Waals surface area contributed by atoms with Gasteiger partial charge in [0.1, 0.15) is 17.5 Å². The Hall–Kier alpha value is -1.52. The van der Waals surface area contributed by atoms with E-state index in [1.807, 2.05) is 31.2 Å². The second kappa shape index (κ2) is 5.63. The van der Waals surface area contributed by atoms with Crippen LogP contribution >= 0.6 is 11.6 Å². The molecule has 0 aliphatic carbocycles. The average molecular weight is 281 g/mol. The summed E-state index contributed by atoms with van der Waals surface area (Å²) in [6, 6.07) is 7.36. The third-order valence-corrected chi connectivity index (χ3v) is 3.49. The van der Waals surface area contributed by atoms with Gasteiger partial charge < -0.3 is 9.84 Å². The first kappa shape index (κ1) is 13.9. The second-order valence-electron chi connectivity index (χ2n) is 4.51. The van der Waals surface area contributed by atoms with Crippen LogP contribution in [-0.4, -0.2) is 14.9 Å². The van der Waals surface area contributed by atoms with Crippen molar-refractivity contribution in [2.45, 2.75) is 26.6 Å². The number of aromatic nitrogens is 2. The lowest BCUT2D eigenvalue weighted by Crippen LogP contribution is -1.98. The summed E-state index contributed by atoms with van der Waals surface area (Å²) >= 11 is 6.13. The molecule has 1 aromatic heterocycles. The molecule has 4 nitrogen and oxygen atoms in total. The van der Waals surface area contributed by atoms with Crippen molar-refractivity contribution in [2.75, 3.05) is 0 Å². The molecule has 2 aromatic rings. The first-order chi connectivity index (χ1) is 8.99. The fraction of sp³-hybridized carbons (Fsp3) is 0.357. The molecule has 0 radical (unpaired) electrons. The number of aliphatic hydroxyl groups excluding tert-OH is 1. The molecule has 0 fully saturated rings. The minimum atomic E-state index is -0.468. The first-order valence-electron chi connectivity index (χ1n) is 6.08. The third kappa shape index (κ3) is 3.08. The van der Waals surface area contributed by atoms with Gasteiger partial charge >= 0.3 is 0 Å². The van der Waals surface area contributed by atoms with Gasteiger partial charge in [0.25, 0.3) is 0 Å². The van der Waals surface area contributed by atoms with Crippen molar-refractivity contribution in [2.24, 2.45) is 7.05 Å². The minimum Gasteiger partial charge on any atom is -0.489 e. The number of hydrogen-bond acceptors (Lipinski definition) is 3. The van der Waals surface area contributed by atoms with E-state index in [-0.39, 0.29) is 0 Å². The van der Waals surface area contributed by atoms with Crippen molar-refractivity contribution in [1.82, 2.24) is 9.78 Å². The van der Waals surface area contributed by atoms with Crippen molar-refractivity contribution in [3.8, 4) is 5.75 Å². The topological polar surface area (TPSA) is 47.3 Å². The highest BCUT2D eigenvalue weighted by Crippen LogP contribution is 2.22. The van der Waals surface area contributed by atoms with E-state index in [4.69, 9.17) is 16.3 Å². The quantitative estimate of drug-likeness (QED) is 0.936. The van der Waals surface area contributed by atoms with Gasteiger partial charge in [0.05, 0.1) is 11.8 Å². The maximum atomic E-state index is 9.43. The molecule has 1 N–H and O–H groups in total. The molecule has 2 rings (SSSR count). The number of aliphatic hydroxyl groups is 1. The summed E-state index contributed by atoms with van der Waals surface area (Å²) in [6.07, 6.45) is -0.468. The predicted octanol–water partition coefficient (Wildman–Crippen LogP) is 3.01. The molecule has 1 atom stereocenters. The molecular weight excluding hydrogens is 264 g/mol. The van der Waals surface area contributed by atoms with Gasteiger partial charge in [-0.3, -0.25) is 4.68 Å². The number of rotatable bonds is 4. The summed E-state index contributed by atoms with van der Waals surface area (Å²) in [7, 11) is 1.80. The summed E-state index contributed by atoms with van der Waals surface area (Å²) in [6.45, 7) is 4.02. The molecule has 1 unspecified atom stereocenters. The Bertz CT molecular complexity index is 562. The zero-order valence-corrected chi connectivity index (χ0v) is 12.0. The Kier molecular flexibility index (Phi) is 4.12. The Balaban J connectivity index is 2.06. The van der Waals surface area contributed by atoms with E-state index < -0.39 is 6.10 Å². The van der Waals surface area contributed by atoms with Crippen molar-refractivity contribution in [3.05, 3.63) is 46.2 Å². The fourth-order valence-corrected chi connectivity index (χ4v) is 2.07. The van der Waals surface area contributed by atoms with Crippen molar-refractivity contribution >= 4 is 11.6 Å². The summed E-state index contributed by atoms with van der Waals surface area (Å²) < 4.78 is 7.31. The van der Waals surface area contributed by atoms with Crippen LogP contribution < -0.4 is 4.74 Å². The van der Waals surface area contributed by atoms with E-state index in [0.717, 1.165) is 22.6 Å². The highest BCUT2D eigenvalue weighted by Gasteiger charge is 2.11. The predicted molar refractivity (Wildman–Crippen MR) is 74.4 cm³/mol. The third-order valence-electron chi connectivity index (χ3n) is 3.02. The standard InChI is InChI=1S/C14H17ClN2O2/c1-9-13(14(15)17(3)16-9)8-19-12-6-4-11(5-7-12)10(2)18/h4-7,10,18H,8H2,1-3H3. The van der Waals surface area contributed by atoms with Crippen LogP contribution in [0.1, 0.15) is 29.8 Å². The number of benzene rings is 1. The van der Waals surface area contributed by atoms with Crippen LogP contribution in [0.2, 0.25) is 5.15 Å². The summed E-state index contributed by atoms with van der Waals surface area (Å²) in [5.41, 5.74) is 2.62. The molecule has 1 aromatic carbocycles. The van der Waals surface area contributed by atoms with Gasteiger partial charge in [0.15, 0.2) is 0 Å². The molecule has 19 heavy (non-hydrogen) atoms. The highest BCUT2D eigenvalue weighted by molar-refractivity contribution is 6.30. The highest BCUT2D eigenvalue weighted by atomic mass is 35.5. The van der Waals surface area contributed by atoms with Crippen LogP contribution in [0.25, 0.3) is 0 Å². The maximum absolute atomic E-state index is 9.43. The summed E-state index contributed by atoms with van der Waals surface area (Å²) in [4.78, 5) is 0. The van der Waals surface area contributed by atoms with Crippen LogP contribution in [0.5, 0.6) is 5.75 Å². The van der Waals surface area contributed by atoms with Gasteiger partial charge in [0.2, 0.25) is 0 Å². The fourth-order valence-electron chi connectivity index (χ4n) is 1.84. The van der Waals surface area contributed by atoms with E-state index >= 15 is 0 Å². The summed E-state index contributed by atoms with van der Waals surface area (Å²) in [5.74, 6) is 0.740. The van der Waals surface area contributed by atoms with Crippen LogP contribution in [0.3, 0.4) is 0 Å². The Morgan fingerprint density at radius 1 is 1.37 bits per heavy atom. The maximum Gasteiger partial charge on any atom is 0.133 e. The van der Waals surface area contributed by atoms with Crippen molar-refractivity contribution in [1.29, 1.82) is 0 Å². The molecule has 5 heteroatoms. The Morgan fingerprint density at radius 2 is 2.00 bits per heavy atom. The van der Waals surface area contributed by atoms with Crippen LogP contribution in [0.4, 0.5) is 0 Å². The minimum absolute atomic E-state index is 0.381. The van der Waals surface area contributed by atoms with Crippen LogP contribution in [0.15, 0.2) is 24.3 Å². The molecule has 0 spiro atoms. The zero-order chi connectivity index (χ0) is 14.0. The van der Waals surface area contributed by atoms with Gasteiger partial charge in [-0.1, -0.05) is 23.7 Å². The van der Waals surface area contributed by atoms with Crippen molar-refractivity contribution < 1.29 is 9.84 Å². The smallest absolute Gasteiger partial charge is 0.133 e. The zero-order valence-electron chi connectivity index (χ0n) is 11.2. The SMILES string of the molecule is Cc1nn(C)c(Cl)c1COc1ccc(C(C)O)cc1. The van der Waals surface area contributed by atoms with Crippen molar-refractivity contribution in [3.63, 3.8) is 0 Å². The van der Waals surface area contributed by atoms with E-state index in [9.17, 15) is 5.11 Å². The van der Waals surface area contributed by atoms with Crippen LogP contribution in [0, 0.1) is 6.92 Å². The van der Waals surface area contributed by atoms with Gasteiger partial charge in [-0.25, -0.2) is 0 Å².